The number of hydrogen-bond acceptors (Lipinski definition) is 4. The summed E-state index contributed by atoms with van der Waals surface area (Å²) < 4.78 is 4.84. The smallest absolute Gasteiger partial charge is 0.323 e. The Morgan fingerprint density at radius 2 is 2.21 bits per heavy atom. The molecule has 0 bridgehead atoms. The summed E-state index contributed by atoms with van der Waals surface area (Å²) in [4.78, 5) is 11.2. The van der Waals surface area contributed by atoms with Gasteiger partial charge >= 0.3 is 5.97 Å². The topological polar surface area (TPSA) is 73.9 Å². The molecule has 0 aromatic carbocycles. The van der Waals surface area contributed by atoms with Gasteiger partial charge in [-0.3, -0.25) is 4.79 Å². The standard InChI is InChI=1S/C10H14N2O2/c1-2-5-9(8-12)10(13)14-7-4-3-6-11/h9H,2-5,7H2,1H3. The quantitative estimate of drug-likeness (QED) is 0.477. The fourth-order valence-corrected chi connectivity index (χ4v) is 0.948. The van der Waals surface area contributed by atoms with Gasteiger partial charge in [0.2, 0.25) is 0 Å². The van der Waals surface area contributed by atoms with E-state index in [1.165, 1.54) is 0 Å². The van der Waals surface area contributed by atoms with Crippen LogP contribution in [-0.4, -0.2) is 12.6 Å². The Balaban J connectivity index is 3.72. The molecule has 0 aromatic rings. The predicted octanol–water partition coefficient (Wildman–Crippen LogP) is 1.77. The lowest BCUT2D eigenvalue weighted by Crippen LogP contribution is -2.16. The highest BCUT2D eigenvalue weighted by atomic mass is 16.5. The molecule has 76 valence electrons. The van der Waals surface area contributed by atoms with E-state index in [0.717, 1.165) is 6.42 Å². The van der Waals surface area contributed by atoms with Crippen molar-refractivity contribution in [2.75, 3.05) is 6.61 Å². The Morgan fingerprint density at radius 3 is 2.71 bits per heavy atom. The molecular formula is C10H14N2O2. The number of unbranched alkanes of at least 4 members (excludes halogenated alkanes) is 1. The van der Waals surface area contributed by atoms with Gasteiger partial charge in [0.1, 0.15) is 5.92 Å². The molecule has 0 amide bonds. The third-order valence-corrected chi connectivity index (χ3v) is 1.69. The maximum absolute atomic E-state index is 11.2. The van der Waals surface area contributed by atoms with E-state index in [0.29, 0.717) is 19.3 Å². The van der Waals surface area contributed by atoms with E-state index in [-0.39, 0.29) is 6.61 Å². The first kappa shape index (κ1) is 12.4. The predicted molar refractivity (Wildman–Crippen MR) is 49.8 cm³/mol. The summed E-state index contributed by atoms with van der Waals surface area (Å²) in [6.45, 7) is 2.14. The maximum atomic E-state index is 11.2. The fraction of sp³-hybridized carbons (Fsp3) is 0.700. The van der Waals surface area contributed by atoms with Crippen molar-refractivity contribution in [1.29, 1.82) is 10.5 Å². The number of carbonyl (C=O) groups is 1. The van der Waals surface area contributed by atoms with E-state index in [2.05, 4.69) is 0 Å². The molecule has 0 aliphatic rings. The SMILES string of the molecule is CCCC(C#N)C(=O)OCCCC#N. The maximum Gasteiger partial charge on any atom is 0.323 e. The second kappa shape index (κ2) is 8.07. The molecule has 0 aliphatic carbocycles. The summed E-state index contributed by atoms with van der Waals surface area (Å²) >= 11 is 0. The molecule has 4 nitrogen and oxygen atoms in total. The molecule has 14 heavy (non-hydrogen) atoms. The van der Waals surface area contributed by atoms with E-state index in [1.54, 1.807) is 0 Å². The lowest BCUT2D eigenvalue weighted by Gasteiger charge is -2.07. The fourth-order valence-electron chi connectivity index (χ4n) is 0.948. The molecule has 0 saturated heterocycles. The number of rotatable bonds is 6. The second-order valence-electron chi connectivity index (χ2n) is 2.90. The zero-order valence-corrected chi connectivity index (χ0v) is 8.32. The van der Waals surface area contributed by atoms with Crippen LogP contribution in [-0.2, 0) is 9.53 Å². The van der Waals surface area contributed by atoms with Gasteiger partial charge in [0.15, 0.2) is 0 Å². The molecule has 1 unspecified atom stereocenters. The van der Waals surface area contributed by atoms with Crippen LogP contribution in [0.2, 0.25) is 0 Å². The summed E-state index contributed by atoms with van der Waals surface area (Å²) in [7, 11) is 0. The van der Waals surface area contributed by atoms with E-state index in [4.69, 9.17) is 15.3 Å². The van der Waals surface area contributed by atoms with Gasteiger partial charge in [0.05, 0.1) is 18.7 Å². The molecule has 4 heteroatoms. The highest BCUT2D eigenvalue weighted by Gasteiger charge is 2.17. The third-order valence-electron chi connectivity index (χ3n) is 1.69. The summed E-state index contributed by atoms with van der Waals surface area (Å²) in [5, 5.41) is 16.9. The number of nitriles is 2. The van der Waals surface area contributed by atoms with E-state index in [1.807, 2.05) is 19.1 Å². The molecule has 0 fully saturated rings. The number of carbonyl (C=O) groups excluding carboxylic acids is 1. The van der Waals surface area contributed by atoms with Gasteiger partial charge in [-0.1, -0.05) is 13.3 Å². The molecule has 0 rings (SSSR count). The highest BCUT2D eigenvalue weighted by molar-refractivity contribution is 5.75. The molecule has 0 aliphatic heterocycles. The average Bonchev–Trinajstić information content (AvgIpc) is 2.20. The Labute approximate surface area is 84.1 Å². The minimum atomic E-state index is -0.651. The number of esters is 1. The first-order chi connectivity index (χ1) is 6.76. The third kappa shape index (κ3) is 5.16. The van der Waals surface area contributed by atoms with Gasteiger partial charge in [-0.25, -0.2) is 0 Å². The average molecular weight is 194 g/mol. The Morgan fingerprint density at radius 1 is 1.50 bits per heavy atom. The van der Waals surface area contributed by atoms with Crippen LogP contribution in [0.1, 0.15) is 32.6 Å². The van der Waals surface area contributed by atoms with Gasteiger partial charge in [-0.05, 0) is 12.8 Å². The largest absolute Gasteiger partial charge is 0.465 e. The van der Waals surface area contributed by atoms with Crippen molar-refractivity contribution in [3.63, 3.8) is 0 Å². The minimum Gasteiger partial charge on any atom is -0.465 e. The summed E-state index contributed by atoms with van der Waals surface area (Å²) in [5.41, 5.74) is 0. The van der Waals surface area contributed by atoms with Crippen molar-refractivity contribution in [1.82, 2.24) is 0 Å². The Bertz CT molecular complexity index is 250. The number of nitrogens with zero attached hydrogens (tertiary/aromatic N) is 2. The van der Waals surface area contributed by atoms with Gasteiger partial charge in [0.25, 0.3) is 0 Å². The van der Waals surface area contributed by atoms with Crippen LogP contribution in [0.5, 0.6) is 0 Å². The normalized spacial score (nSPS) is 11.1. The zero-order chi connectivity index (χ0) is 10.8. The molecule has 0 radical (unpaired) electrons. The second-order valence-corrected chi connectivity index (χ2v) is 2.90. The monoisotopic (exact) mass is 194 g/mol. The number of hydrogen-bond donors (Lipinski definition) is 0. The van der Waals surface area contributed by atoms with Crippen LogP contribution >= 0.6 is 0 Å². The highest BCUT2D eigenvalue weighted by Crippen LogP contribution is 2.07. The van der Waals surface area contributed by atoms with E-state index in [9.17, 15) is 4.79 Å². The number of ether oxygens (including phenoxy) is 1. The van der Waals surface area contributed by atoms with Gasteiger partial charge in [0, 0.05) is 6.42 Å². The minimum absolute atomic E-state index is 0.230. The first-order valence-electron chi connectivity index (χ1n) is 4.69. The molecule has 0 N–H and O–H groups in total. The lowest BCUT2D eigenvalue weighted by molar-refractivity contribution is -0.146. The van der Waals surface area contributed by atoms with Crippen molar-refractivity contribution in [3.8, 4) is 12.1 Å². The zero-order valence-electron chi connectivity index (χ0n) is 8.32. The summed E-state index contributed by atoms with van der Waals surface area (Å²) in [6, 6.07) is 3.86. The van der Waals surface area contributed by atoms with E-state index >= 15 is 0 Å². The van der Waals surface area contributed by atoms with Crippen molar-refractivity contribution >= 4 is 5.97 Å². The van der Waals surface area contributed by atoms with E-state index < -0.39 is 11.9 Å². The van der Waals surface area contributed by atoms with Crippen molar-refractivity contribution in [2.24, 2.45) is 5.92 Å². The van der Waals surface area contributed by atoms with Gasteiger partial charge < -0.3 is 4.74 Å². The molecule has 0 heterocycles. The Hall–Kier alpha value is -1.55. The van der Waals surface area contributed by atoms with Gasteiger partial charge in [-0.2, -0.15) is 10.5 Å². The summed E-state index contributed by atoms with van der Waals surface area (Å²) in [5.74, 6) is -1.12. The molecule has 1 atom stereocenters. The van der Waals surface area contributed by atoms with Crippen LogP contribution < -0.4 is 0 Å². The summed E-state index contributed by atoms with van der Waals surface area (Å²) in [6.07, 6.45) is 2.23. The first-order valence-corrected chi connectivity index (χ1v) is 4.69. The molecule has 0 aromatic heterocycles. The Kier molecular flexibility index (Phi) is 7.17. The van der Waals surface area contributed by atoms with Crippen LogP contribution in [0, 0.1) is 28.6 Å². The van der Waals surface area contributed by atoms with Crippen LogP contribution in [0.15, 0.2) is 0 Å². The van der Waals surface area contributed by atoms with Crippen molar-refractivity contribution in [3.05, 3.63) is 0 Å². The van der Waals surface area contributed by atoms with Gasteiger partial charge in [-0.15, -0.1) is 0 Å². The lowest BCUT2D eigenvalue weighted by atomic mass is 10.1. The van der Waals surface area contributed by atoms with Crippen LogP contribution in [0.4, 0.5) is 0 Å². The molecular weight excluding hydrogens is 180 g/mol. The van der Waals surface area contributed by atoms with Crippen LogP contribution in [0.25, 0.3) is 0 Å². The van der Waals surface area contributed by atoms with Crippen molar-refractivity contribution < 1.29 is 9.53 Å². The molecule has 0 spiro atoms. The molecule has 0 saturated carbocycles. The van der Waals surface area contributed by atoms with Crippen molar-refractivity contribution in [2.45, 2.75) is 32.6 Å². The van der Waals surface area contributed by atoms with Crippen LogP contribution in [0.3, 0.4) is 0 Å².